The number of rotatable bonds is 7. The first-order chi connectivity index (χ1) is 13.9. The minimum Gasteiger partial charge on any atom is -0.481 e. The van der Waals surface area contributed by atoms with E-state index in [0.717, 1.165) is 24.0 Å². The van der Waals surface area contributed by atoms with Crippen molar-refractivity contribution in [2.45, 2.75) is 44.4 Å². The lowest BCUT2D eigenvalue weighted by atomic mass is 9.91. The summed E-state index contributed by atoms with van der Waals surface area (Å²) in [6, 6.07) is 14.1. The van der Waals surface area contributed by atoms with E-state index >= 15 is 0 Å². The average Bonchev–Trinajstić information content (AvgIpc) is 2.68. The summed E-state index contributed by atoms with van der Waals surface area (Å²) in [5.41, 5.74) is 1.67. The molecule has 0 bridgehead atoms. The van der Waals surface area contributed by atoms with Crippen molar-refractivity contribution in [3.8, 4) is 0 Å². The largest absolute Gasteiger partial charge is 0.481 e. The number of morpholine rings is 1. The Hall–Kier alpha value is -2.08. The molecule has 0 aliphatic carbocycles. The van der Waals surface area contributed by atoms with Crippen molar-refractivity contribution in [2.75, 3.05) is 6.54 Å². The van der Waals surface area contributed by atoms with Crippen molar-refractivity contribution in [3.63, 3.8) is 0 Å². The molecule has 1 aliphatic heterocycles. The Morgan fingerprint density at radius 2 is 1.83 bits per heavy atom. The van der Waals surface area contributed by atoms with Crippen LogP contribution in [0, 0.1) is 0 Å². The molecule has 1 heterocycles. The van der Waals surface area contributed by atoms with Gasteiger partial charge in [0, 0.05) is 16.6 Å². The van der Waals surface area contributed by atoms with Gasteiger partial charge in [-0.25, -0.2) is 0 Å². The first-order valence-corrected chi connectivity index (χ1v) is 10.3. The minimum atomic E-state index is -1.08. The Morgan fingerprint density at radius 1 is 1.10 bits per heavy atom. The molecule has 0 aromatic heterocycles. The Labute approximate surface area is 180 Å². The van der Waals surface area contributed by atoms with Crippen LogP contribution in [0.5, 0.6) is 0 Å². The molecule has 3 rings (SSSR count). The molecule has 1 fully saturated rings. The zero-order valence-corrected chi connectivity index (χ0v) is 17.6. The number of unbranched alkanes of at least 4 members (excludes halogenated alkanes) is 1. The van der Waals surface area contributed by atoms with Gasteiger partial charge in [-0.15, -0.1) is 0 Å². The van der Waals surface area contributed by atoms with Crippen LogP contribution in [0.4, 0.5) is 0 Å². The quantitative estimate of drug-likeness (QED) is 0.642. The molecule has 0 saturated carbocycles. The van der Waals surface area contributed by atoms with Crippen LogP contribution in [-0.2, 0) is 14.3 Å². The molecule has 1 amide bonds. The predicted molar refractivity (Wildman–Crippen MR) is 112 cm³/mol. The van der Waals surface area contributed by atoms with E-state index < -0.39 is 24.2 Å². The molecule has 2 aromatic rings. The van der Waals surface area contributed by atoms with Crippen LogP contribution in [0.25, 0.3) is 0 Å². The van der Waals surface area contributed by atoms with Crippen LogP contribution >= 0.6 is 23.2 Å². The number of hydrogen-bond donors (Lipinski definition) is 1. The zero-order valence-electron chi connectivity index (χ0n) is 16.1. The van der Waals surface area contributed by atoms with Crippen molar-refractivity contribution in [3.05, 3.63) is 69.7 Å². The summed E-state index contributed by atoms with van der Waals surface area (Å²) in [5.74, 6) is -1.38. The molecule has 0 spiro atoms. The van der Waals surface area contributed by atoms with Gasteiger partial charge in [-0.1, -0.05) is 60.8 Å². The number of aliphatic carboxylic acids is 1. The van der Waals surface area contributed by atoms with Crippen molar-refractivity contribution in [1.29, 1.82) is 0 Å². The molecule has 3 atom stereocenters. The van der Waals surface area contributed by atoms with E-state index in [9.17, 15) is 14.7 Å². The standard InChI is InChI=1S/C22H23Cl2NO4/c1-2-3-11-25-20(14-7-9-16(23)10-8-14)21(15-5-4-6-17(24)12-15)29-18(22(25)28)13-19(26)27/h4-10,12,18,20-21H,2-3,11,13H2,1H3,(H,26,27)/t18-,20+,21-/m0/s1. The summed E-state index contributed by atoms with van der Waals surface area (Å²) in [4.78, 5) is 26.2. The third-order valence-corrected chi connectivity index (χ3v) is 5.48. The molecule has 0 unspecified atom stereocenters. The topological polar surface area (TPSA) is 66.8 Å². The van der Waals surface area contributed by atoms with E-state index in [1.54, 1.807) is 29.2 Å². The van der Waals surface area contributed by atoms with E-state index in [4.69, 9.17) is 27.9 Å². The fourth-order valence-corrected chi connectivity index (χ4v) is 3.95. The fraction of sp³-hybridized carbons (Fsp3) is 0.364. The smallest absolute Gasteiger partial charge is 0.306 e. The molecular weight excluding hydrogens is 413 g/mol. The molecule has 1 aliphatic rings. The summed E-state index contributed by atoms with van der Waals surface area (Å²) >= 11 is 12.3. The fourth-order valence-electron chi connectivity index (χ4n) is 3.63. The van der Waals surface area contributed by atoms with Crippen molar-refractivity contribution in [1.82, 2.24) is 4.90 Å². The molecular formula is C22H23Cl2NO4. The van der Waals surface area contributed by atoms with Gasteiger partial charge in [-0.05, 0) is 41.8 Å². The highest BCUT2D eigenvalue weighted by atomic mass is 35.5. The number of halogens is 2. The molecule has 29 heavy (non-hydrogen) atoms. The van der Waals surface area contributed by atoms with E-state index in [0.29, 0.717) is 16.6 Å². The van der Waals surface area contributed by atoms with Crippen LogP contribution < -0.4 is 0 Å². The number of carboxylic acid groups (broad SMARTS) is 1. The summed E-state index contributed by atoms with van der Waals surface area (Å²) in [7, 11) is 0. The molecule has 2 aromatic carbocycles. The SMILES string of the molecule is CCCCN1C(=O)[C@H](CC(=O)O)O[C@@H](c2cccc(Cl)c2)[C@H]1c1ccc(Cl)cc1. The van der Waals surface area contributed by atoms with Crippen LogP contribution in [0.1, 0.15) is 49.5 Å². The number of benzene rings is 2. The summed E-state index contributed by atoms with van der Waals surface area (Å²) < 4.78 is 6.09. The average molecular weight is 436 g/mol. The van der Waals surface area contributed by atoms with Gasteiger partial charge in [0.15, 0.2) is 0 Å². The maximum atomic E-state index is 13.1. The van der Waals surface area contributed by atoms with Gasteiger partial charge >= 0.3 is 5.97 Å². The monoisotopic (exact) mass is 435 g/mol. The lowest BCUT2D eigenvalue weighted by molar-refractivity contribution is -0.179. The summed E-state index contributed by atoms with van der Waals surface area (Å²) in [5, 5.41) is 10.4. The second-order valence-corrected chi connectivity index (χ2v) is 7.95. The summed E-state index contributed by atoms with van der Waals surface area (Å²) in [6.45, 7) is 2.56. The second kappa shape index (κ2) is 9.61. The lowest BCUT2D eigenvalue weighted by Crippen LogP contribution is -2.51. The van der Waals surface area contributed by atoms with Gasteiger partial charge in [0.05, 0.1) is 12.5 Å². The van der Waals surface area contributed by atoms with Gasteiger partial charge in [0.25, 0.3) is 5.91 Å². The summed E-state index contributed by atoms with van der Waals surface area (Å²) in [6.07, 6.45) is -0.265. The zero-order chi connectivity index (χ0) is 21.0. The first kappa shape index (κ1) is 21.6. The molecule has 154 valence electrons. The molecule has 0 radical (unpaired) electrons. The van der Waals surface area contributed by atoms with E-state index in [-0.39, 0.29) is 12.3 Å². The van der Waals surface area contributed by atoms with Crippen LogP contribution in [0.15, 0.2) is 48.5 Å². The number of amides is 1. The Balaban J connectivity index is 2.08. The Morgan fingerprint density at radius 3 is 2.45 bits per heavy atom. The normalized spacial score (nSPS) is 22.0. The van der Waals surface area contributed by atoms with Gasteiger partial charge < -0.3 is 14.7 Å². The minimum absolute atomic E-state index is 0.306. The first-order valence-electron chi connectivity index (χ1n) is 9.59. The lowest BCUT2D eigenvalue weighted by Gasteiger charge is -2.44. The van der Waals surface area contributed by atoms with Gasteiger partial charge in [0.2, 0.25) is 0 Å². The van der Waals surface area contributed by atoms with Crippen LogP contribution in [0.2, 0.25) is 10.0 Å². The van der Waals surface area contributed by atoms with Crippen molar-refractivity contribution < 1.29 is 19.4 Å². The number of nitrogens with zero attached hydrogens (tertiary/aromatic N) is 1. The van der Waals surface area contributed by atoms with Crippen molar-refractivity contribution >= 4 is 35.1 Å². The maximum absolute atomic E-state index is 13.1. The predicted octanol–water partition coefficient (Wildman–Crippen LogP) is 5.28. The van der Waals surface area contributed by atoms with E-state index in [1.165, 1.54) is 0 Å². The number of hydrogen-bond acceptors (Lipinski definition) is 3. The van der Waals surface area contributed by atoms with Gasteiger partial charge in [-0.3, -0.25) is 9.59 Å². The van der Waals surface area contributed by atoms with Crippen molar-refractivity contribution in [2.24, 2.45) is 0 Å². The molecule has 1 saturated heterocycles. The van der Waals surface area contributed by atoms with E-state index in [2.05, 4.69) is 0 Å². The van der Waals surface area contributed by atoms with Gasteiger partial charge in [0.1, 0.15) is 12.2 Å². The molecule has 5 nitrogen and oxygen atoms in total. The highest BCUT2D eigenvalue weighted by Gasteiger charge is 2.44. The number of ether oxygens (including phenoxy) is 1. The van der Waals surface area contributed by atoms with Crippen LogP contribution in [0.3, 0.4) is 0 Å². The van der Waals surface area contributed by atoms with Crippen LogP contribution in [-0.4, -0.2) is 34.5 Å². The molecule has 7 heteroatoms. The molecule has 1 N–H and O–H groups in total. The Kier molecular flexibility index (Phi) is 7.17. The number of carbonyl (C=O) groups is 2. The van der Waals surface area contributed by atoms with Gasteiger partial charge in [-0.2, -0.15) is 0 Å². The Bertz CT molecular complexity index is 871. The number of carboxylic acids is 1. The number of carbonyl (C=O) groups excluding carboxylic acids is 1. The third-order valence-electron chi connectivity index (χ3n) is 4.99. The highest BCUT2D eigenvalue weighted by Crippen LogP contribution is 2.43. The third kappa shape index (κ3) is 5.10. The maximum Gasteiger partial charge on any atom is 0.306 e. The van der Waals surface area contributed by atoms with E-state index in [1.807, 2.05) is 31.2 Å². The highest BCUT2D eigenvalue weighted by molar-refractivity contribution is 6.30. The second-order valence-electron chi connectivity index (χ2n) is 7.08.